The lowest BCUT2D eigenvalue weighted by atomic mass is 9.98. The third-order valence-corrected chi connectivity index (χ3v) is 2.95. The van der Waals surface area contributed by atoms with Gasteiger partial charge in [-0.25, -0.2) is 0 Å². The van der Waals surface area contributed by atoms with Crippen LogP contribution in [0.5, 0.6) is 0 Å². The maximum Gasteiger partial charge on any atom is 0.222 e. The molecule has 1 unspecified atom stereocenters. The van der Waals surface area contributed by atoms with E-state index >= 15 is 0 Å². The molecule has 0 aromatic rings. The van der Waals surface area contributed by atoms with Gasteiger partial charge in [-0.15, -0.1) is 0 Å². The van der Waals surface area contributed by atoms with Gasteiger partial charge in [0.1, 0.15) is 0 Å². The van der Waals surface area contributed by atoms with Gasteiger partial charge in [0.15, 0.2) is 0 Å². The van der Waals surface area contributed by atoms with Crippen molar-refractivity contribution < 1.29 is 4.79 Å². The molecule has 1 rings (SSSR count). The Balaban J connectivity index is 1.74. The van der Waals surface area contributed by atoms with Crippen LogP contribution in [0.25, 0.3) is 0 Å². The zero-order chi connectivity index (χ0) is 10.2. The summed E-state index contributed by atoms with van der Waals surface area (Å²) in [5, 5.41) is 2.92. The second kappa shape index (κ2) is 6.86. The molecule has 1 saturated heterocycles. The SMILES string of the molecule is CCCCCCCCCC1CC(=O)N1. The standard InChI is InChI=1S/C12H23NO/c1-2-3-4-5-6-7-8-9-11-10-12(14)13-11/h11H,2-10H2,1H3,(H,13,14). The van der Waals surface area contributed by atoms with Gasteiger partial charge in [-0.1, -0.05) is 51.9 Å². The number of carbonyl (C=O) groups is 1. The first kappa shape index (κ1) is 11.5. The molecule has 1 heterocycles. The molecule has 2 nitrogen and oxygen atoms in total. The van der Waals surface area contributed by atoms with E-state index in [1.807, 2.05) is 0 Å². The van der Waals surface area contributed by atoms with Crippen molar-refractivity contribution in [2.24, 2.45) is 0 Å². The summed E-state index contributed by atoms with van der Waals surface area (Å²) in [6, 6.07) is 0.512. The van der Waals surface area contributed by atoms with Crippen molar-refractivity contribution in [1.82, 2.24) is 5.32 Å². The topological polar surface area (TPSA) is 29.1 Å². The zero-order valence-corrected chi connectivity index (χ0v) is 9.35. The summed E-state index contributed by atoms with van der Waals surface area (Å²) in [5.41, 5.74) is 0. The Bertz CT molecular complexity index is 160. The van der Waals surface area contributed by atoms with E-state index < -0.39 is 0 Å². The lowest BCUT2D eigenvalue weighted by Gasteiger charge is -2.26. The summed E-state index contributed by atoms with van der Waals surface area (Å²) in [6.45, 7) is 2.25. The van der Waals surface area contributed by atoms with E-state index in [0.29, 0.717) is 6.04 Å². The largest absolute Gasteiger partial charge is 0.353 e. The number of hydrogen-bond acceptors (Lipinski definition) is 1. The van der Waals surface area contributed by atoms with Crippen LogP contribution in [0.3, 0.4) is 0 Å². The van der Waals surface area contributed by atoms with Crippen LogP contribution in [0, 0.1) is 0 Å². The number of carbonyl (C=O) groups excluding carboxylic acids is 1. The van der Waals surface area contributed by atoms with E-state index in [2.05, 4.69) is 12.2 Å². The Morgan fingerprint density at radius 3 is 2.29 bits per heavy atom. The number of β-lactam (4-membered cyclic amide) rings is 1. The summed E-state index contributed by atoms with van der Waals surface area (Å²) in [7, 11) is 0. The predicted octanol–water partition coefficient (Wildman–Crippen LogP) is 3.02. The molecule has 1 aliphatic rings. The quantitative estimate of drug-likeness (QED) is 0.470. The molecular weight excluding hydrogens is 174 g/mol. The maximum absolute atomic E-state index is 10.6. The predicted molar refractivity (Wildman–Crippen MR) is 59.2 cm³/mol. The molecule has 0 aliphatic carbocycles. The molecule has 0 radical (unpaired) electrons. The van der Waals surface area contributed by atoms with Crippen molar-refractivity contribution in [3.05, 3.63) is 0 Å². The van der Waals surface area contributed by atoms with E-state index in [1.165, 1.54) is 51.4 Å². The summed E-state index contributed by atoms with van der Waals surface area (Å²) < 4.78 is 0. The highest BCUT2D eigenvalue weighted by atomic mass is 16.2. The molecule has 14 heavy (non-hydrogen) atoms. The van der Waals surface area contributed by atoms with Crippen LogP contribution in [-0.2, 0) is 4.79 Å². The molecule has 2 heteroatoms. The monoisotopic (exact) mass is 197 g/mol. The molecule has 0 bridgehead atoms. The average molecular weight is 197 g/mol. The first-order valence-corrected chi connectivity index (χ1v) is 6.12. The fourth-order valence-corrected chi connectivity index (χ4v) is 1.95. The fraction of sp³-hybridized carbons (Fsp3) is 0.917. The van der Waals surface area contributed by atoms with Gasteiger partial charge in [-0.3, -0.25) is 4.79 Å². The normalized spacial score (nSPS) is 20.4. The Hall–Kier alpha value is -0.530. The molecule has 1 aliphatic heterocycles. The van der Waals surface area contributed by atoms with E-state index in [4.69, 9.17) is 0 Å². The molecule has 1 fully saturated rings. The van der Waals surface area contributed by atoms with Crippen molar-refractivity contribution in [3.8, 4) is 0 Å². The van der Waals surface area contributed by atoms with Crippen LogP contribution >= 0.6 is 0 Å². The van der Waals surface area contributed by atoms with E-state index in [-0.39, 0.29) is 5.91 Å². The molecule has 1 N–H and O–H groups in total. The molecule has 0 aromatic heterocycles. The Labute approximate surface area is 87.5 Å². The minimum absolute atomic E-state index is 0.234. The molecule has 0 spiro atoms. The van der Waals surface area contributed by atoms with Gasteiger partial charge in [0, 0.05) is 12.5 Å². The van der Waals surface area contributed by atoms with E-state index in [0.717, 1.165) is 6.42 Å². The van der Waals surface area contributed by atoms with Gasteiger partial charge in [-0.2, -0.15) is 0 Å². The summed E-state index contributed by atoms with van der Waals surface area (Å²) in [6.07, 6.45) is 11.5. The van der Waals surface area contributed by atoms with Crippen LogP contribution < -0.4 is 5.32 Å². The van der Waals surface area contributed by atoms with Gasteiger partial charge in [0.05, 0.1) is 0 Å². The van der Waals surface area contributed by atoms with Gasteiger partial charge >= 0.3 is 0 Å². The first-order valence-electron chi connectivity index (χ1n) is 6.12. The highest BCUT2D eigenvalue weighted by Crippen LogP contribution is 2.14. The molecule has 1 atom stereocenters. The van der Waals surface area contributed by atoms with E-state index in [1.54, 1.807) is 0 Å². The molecule has 82 valence electrons. The summed E-state index contributed by atoms with van der Waals surface area (Å²) in [4.78, 5) is 10.6. The van der Waals surface area contributed by atoms with Crippen molar-refractivity contribution in [2.45, 2.75) is 70.8 Å². The number of amides is 1. The third kappa shape index (κ3) is 4.64. The van der Waals surface area contributed by atoms with Crippen LogP contribution in [0.1, 0.15) is 64.7 Å². The maximum atomic E-state index is 10.6. The minimum atomic E-state index is 0.234. The second-order valence-electron chi connectivity index (χ2n) is 4.38. The van der Waals surface area contributed by atoms with Crippen LogP contribution in [0.4, 0.5) is 0 Å². The number of rotatable bonds is 8. The van der Waals surface area contributed by atoms with Gasteiger partial charge in [0.2, 0.25) is 5.91 Å². The van der Waals surface area contributed by atoms with E-state index in [9.17, 15) is 4.79 Å². The smallest absolute Gasteiger partial charge is 0.222 e. The van der Waals surface area contributed by atoms with Crippen molar-refractivity contribution >= 4 is 5.91 Å². The van der Waals surface area contributed by atoms with Crippen LogP contribution in [-0.4, -0.2) is 11.9 Å². The third-order valence-electron chi connectivity index (χ3n) is 2.95. The van der Waals surface area contributed by atoms with Crippen LogP contribution in [0.15, 0.2) is 0 Å². The highest BCUT2D eigenvalue weighted by molar-refractivity contribution is 5.82. The van der Waals surface area contributed by atoms with Crippen molar-refractivity contribution in [3.63, 3.8) is 0 Å². The lowest BCUT2D eigenvalue weighted by molar-refractivity contribution is -0.128. The van der Waals surface area contributed by atoms with Crippen molar-refractivity contribution in [2.75, 3.05) is 0 Å². The number of nitrogens with one attached hydrogen (secondary N) is 1. The molecule has 0 saturated carbocycles. The second-order valence-corrected chi connectivity index (χ2v) is 4.38. The van der Waals surface area contributed by atoms with Crippen molar-refractivity contribution in [1.29, 1.82) is 0 Å². The molecule has 1 amide bonds. The van der Waals surface area contributed by atoms with Gasteiger partial charge in [-0.05, 0) is 6.42 Å². The fourth-order valence-electron chi connectivity index (χ4n) is 1.95. The van der Waals surface area contributed by atoms with Crippen LogP contribution in [0.2, 0.25) is 0 Å². The summed E-state index contributed by atoms with van der Waals surface area (Å²) >= 11 is 0. The lowest BCUT2D eigenvalue weighted by Crippen LogP contribution is -2.48. The first-order chi connectivity index (χ1) is 6.83. The molecular formula is C12H23NO. The minimum Gasteiger partial charge on any atom is -0.353 e. The Kier molecular flexibility index (Phi) is 5.65. The van der Waals surface area contributed by atoms with Gasteiger partial charge in [0.25, 0.3) is 0 Å². The zero-order valence-electron chi connectivity index (χ0n) is 9.35. The Morgan fingerprint density at radius 1 is 1.14 bits per heavy atom. The summed E-state index contributed by atoms with van der Waals surface area (Å²) in [5.74, 6) is 0.234. The average Bonchev–Trinajstić information content (AvgIpc) is 2.13. The Morgan fingerprint density at radius 2 is 1.71 bits per heavy atom. The van der Waals surface area contributed by atoms with Gasteiger partial charge < -0.3 is 5.32 Å². The molecule has 0 aromatic carbocycles. The number of unbranched alkanes of at least 4 members (excludes halogenated alkanes) is 6. The number of hydrogen-bond donors (Lipinski definition) is 1. The highest BCUT2D eigenvalue weighted by Gasteiger charge is 2.23.